The minimum Gasteiger partial charge on any atom is -0.369 e. The first-order chi connectivity index (χ1) is 11.6. The molecule has 2 aliphatic rings. The number of nitrogens with one attached hydrogen (secondary N) is 1. The highest BCUT2D eigenvalue weighted by Gasteiger charge is 2.47. The topological polar surface area (TPSA) is 92.5 Å². The van der Waals surface area contributed by atoms with Gasteiger partial charge in [0.15, 0.2) is 9.84 Å². The summed E-state index contributed by atoms with van der Waals surface area (Å²) in [5.41, 5.74) is 4.31. The lowest BCUT2D eigenvalue weighted by Crippen LogP contribution is -2.58. The standard InChI is InChI=1S/C15H18F3N3O3S/c16-15(17,18)10-2-1-3-11(7-10)25(23,24)14-12-6-9(13(19)22)8-21(12)5-4-20-14/h1-3,7,9,12,14,20H,4-6,8H2,(H2,19,22). The quantitative estimate of drug-likeness (QED) is 0.804. The molecule has 1 aromatic carbocycles. The van der Waals surface area contributed by atoms with Crippen molar-refractivity contribution in [3.8, 4) is 0 Å². The summed E-state index contributed by atoms with van der Waals surface area (Å²) in [6, 6.07) is 3.23. The fourth-order valence-corrected chi connectivity index (χ4v) is 5.40. The molecule has 2 fully saturated rings. The second-order valence-electron chi connectivity index (χ2n) is 6.34. The van der Waals surface area contributed by atoms with Crippen LogP contribution in [0.2, 0.25) is 0 Å². The minimum atomic E-state index is -4.62. The number of primary amides is 1. The lowest BCUT2D eigenvalue weighted by atomic mass is 10.0. The first-order valence-corrected chi connectivity index (χ1v) is 9.33. The fourth-order valence-electron chi connectivity index (χ4n) is 3.51. The fraction of sp³-hybridized carbons (Fsp3) is 0.533. The summed E-state index contributed by atoms with van der Waals surface area (Å²) in [6.45, 7) is 1.30. The predicted molar refractivity (Wildman–Crippen MR) is 83.1 cm³/mol. The Balaban J connectivity index is 1.93. The molecule has 1 aromatic rings. The summed E-state index contributed by atoms with van der Waals surface area (Å²) in [5, 5.41) is 1.81. The average molecular weight is 377 g/mol. The maximum atomic E-state index is 12.9. The average Bonchev–Trinajstić information content (AvgIpc) is 2.98. The van der Waals surface area contributed by atoms with Crippen LogP contribution in [0.25, 0.3) is 0 Å². The molecule has 3 N–H and O–H groups in total. The van der Waals surface area contributed by atoms with Crippen LogP contribution in [0.3, 0.4) is 0 Å². The molecule has 0 saturated carbocycles. The first-order valence-electron chi connectivity index (χ1n) is 7.78. The number of alkyl halides is 3. The largest absolute Gasteiger partial charge is 0.416 e. The molecule has 0 bridgehead atoms. The number of carbonyl (C=O) groups excluding carboxylic acids is 1. The van der Waals surface area contributed by atoms with E-state index in [0.29, 0.717) is 25.7 Å². The number of hydrogen-bond acceptors (Lipinski definition) is 5. The van der Waals surface area contributed by atoms with Gasteiger partial charge in [0.2, 0.25) is 5.91 Å². The molecule has 0 aliphatic carbocycles. The van der Waals surface area contributed by atoms with Gasteiger partial charge in [0.1, 0.15) is 5.37 Å². The van der Waals surface area contributed by atoms with E-state index in [0.717, 1.165) is 18.2 Å². The zero-order valence-electron chi connectivity index (χ0n) is 13.2. The van der Waals surface area contributed by atoms with Crippen molar-refractivity contribution < 1.29 is 26.4 Å². The summed E-state index contributed by atoms with van der Waals surface area (Å²) < 4.78 is 64.5. The molecule has 0 spiro atoms. The number of nitrogens with zero attached hydrogens (tertiary/aromatic N) is 1. The SMILES string of the molecule is NC(=O)C1CC2C(S(=O)(=O)c3cccc(C(F)(F)F)c3)NCCN2C1. The van der Waals surface area contributed by atoms with Crippen molar-refractivity contribution in [3.63, 3.8) is 0 Å². The van der Waals surface area contributed by atoms with Gasteiger partial charge >= 0.3 is 6.18 Å². The van der Waals surface area contributed by atoms with Gasteiger partial charge in [-0.2, -0.15) is 13.2 Å². The van der Waals surface area contributed by atoms with Crippen molar-refractivity contribution in [2.75, 3.05) is 19.6 Å². The van der Waals surface area contributed by atoms with Crippen LogP contribution in [0.15, 0.2) is 29.2 Å². The van der Waals surface area contributed by atoms with Gasteiger partial charge in [-0.1, -0.05) is 6.07 Å². The number of benzene rings is 1. The summed E-state index contributed by atoms with van der Waals surface area (Å²) in [7, 11) is -4.05. The number of rotatable bonds is 3. The van der Waals surface area contributed by atoms with Crippen molar-refractivity contribution in [1.82, 2.24) is 10.2 Å². The molecule has 6 nitrogen and oxygen atoms in total. The molecule has 0 radical (unpaired) electrons. The minimum absolute atomic E-state index is 0.269. The van der Waals surface area contributed by atoms with E-state index in [1.165, 1.54) is 0 Å². The molecule has 2 heterocycles. The number of sulfone groups is 1. The molecule has 3 atom stereocenters. The van der Waals surface area contributed by atoms with E-state index in [4.69, 9.17) is 5.73 Å². The van der Waals surface area contributed by atoms with Crippen LogP contribution in [0.5, 0.6) is 0 Å². The van der Waals surface area contributed by atoms with Crippen LogP contribution in [-0.4, -0.2) is 50.3 Å². The van der Waals surface area contributed by atoms with E-state index >= 15 is 0 Å². The predicted octanol–water partition coefficient (Wildman–Crippen LogP) is 0.584. The Morgan fingerprint density at radius 1 is 1.32 bits per heavy atom. The van der Waals surface area contributed by atoms with E-state index in [-0.39, 0.29) is 11.3 Å². The molecule has 3 unspecified atom stereocenters. The number of nitrogens with two attached hydrogens (primary N) is 1. The zero-order chi connectivity index (χ0) is 18.4. The second kappa shape index (κ2) is 6.26. The van der Waals surface area contributed by atoms with Crippen molar-refractivity contribution >= 4 is 15.7 Å². The van der Waals surface area contributed by atoms with Gasteiger partial charge < -0.3 is 5.73 Å². The van der Waals surface area contributed by atoms with E-state index in [2.05, 4.69) is 5.32 Å². The molecular formula is C15H18F3N3O3S. The third kappa shape index (κ3) is 3.38. The van der Waals surface area contributed by atoms with Crippen molar-refractivity contribution in [1.29, 1.82) is 0 Å². The molecule has 3 rings (SSSR count). The highest BCUT2D eigenvalue weighted by molar-refractivity contribution is 7.92. The Morgan fingerprint density at radius 3 is 2.68 bits per heavy atom. The van der Waals surface area contributed by atoms with Crippen LogP contribution in [-0.2, 0) is 20.8 Å². The van der Waals surface area contributed by atoms with E-state index < -0.39 is 44.8 Å². The monoisotopic (exact) mass is 377 g/mol. The molecule has 25 heavy (non-hydrogen) atoms. The Kier molecular flexibility index (Phi) is 4.54. The van der Waals surface area contributed by atoms with Crippen LogP contribution >= 0.6 is 0 Å². The number of amides is 1. The third-order valence-electron chi connectivity index (χ3n) is 4.77. The molecule has 1 amide bonds. The molecule has 2 saturated heterocycles. The summed E-state index contributed by atoms with van der Waals surface area (Å²) >= 11 is 0. The van der Waals surface area contributed by atoms with Crippen LogP contribution < -0.4 is 11.1 Å². The molecule has 2 aliphatic heterocycles. The van der Waals surface area contributed by atoms with Gasteiger partial charge in [0.05, 0.1) is 16.4 Å². The smallest absolute Gasteiger partial charge is 0.369 e. The van der Waals surface area contributed by atoms with Gasteiger partial charge in [-0.05, 0) is 24.6 Å². The van der Waals surface area contributed by atoms with E-state index in [1.807, 2.05) is 4.90 Å². The number of piperazine rings is 1. The van der Waals surface area contributed by atoms with E-state index in [1.54, 1.807) is 0 Å². The van der Waals surface area contributed by atoms with Gasteiger partial charge in [-0.25, -0.2) is 8.42 Å². The highest BCUT2D eigenvalue weighted by atomic mass is 32.2. The maximum Gasteiger partial charge on any atom is 0.416 e. The third-order valence-corrected chi connectivity index (χ3v) is 6.83. The van der Waals surface area contributed by atoms with Gasteiger partial charge in [0.25, 0.3) is 0 Å². The van der Waals surface area contributed by atoms with Gasteiger partial charge in [-0.3, -0.25) is 15.0 Å². The Bertz CT molecular complexity index is 782. The number of hydrogen-bond donors (Lipinski definition) is 2. The lowest BCUT2D eigenvalue weighted by molar-refractivity contribution is -0.137. The number of carbonyl (C=O) groups is 1. The Morgan fingerprint density at radius 2 is 2.04 bits per heavy atom. The lowest BCUT2D eigenvalue weighted by Gasteiger charge is -2.36. The van der Waals surface area contributed by atoms with Crippen molar-refractivity contribution in [3.05, 3.63) is 29.8 Å². The van der Waals surface area contributed by atoms with Crippen molar-refractivity contribution in [2.24, 2.45) is 11.7 Å². The first kappa shape index (κ1) is 18.2. The molecule has 138 valence electrons. The Hall–Kier alpha value is -1.65. The van der Waals surface area contributed by atoms with Gasteiger partial charge in [-0.15, -0.1) is 0 Å². The van der Waals surface area contributed by atoms with Crippen molar-refractivity contribution in [2.45, 2.75) is 28.9 Å². The van der Waals surface area contributed by atoms with E-state index in [9.17, 15) is 26.4 Å². The van der Waals surface area contributed by atoms with Crippen LogP contribution in [0.4, 0.5) is 13.2 Å². The van der Waals surface area contributed by atoms with Crippen LogP contribution in [0.1, 0.15) is 12.0 Å². The number of halogens is 3. The summed E-state index contributed by atoms with van der Waals surface area (Å²) in [4.78, 5) is 12.9. The second-order valence-corrected chi connectivity index (χ2v) is 8.41. The molecular weight excluding hydrogens is 359 g/mol. The van der Waals surface area contributed by atoms with Crippen LogP contribution in [0, 0.1) is 5.92 Å². The summed E-state index contributed by atoms with van der Waals surface area (Å²) in [6.07, 6.45) is -4.35. The van der Waals surface area contributed by atoms with Gasteiger partial charge in [0, 0.05) is 25.7 Å². The Labute approximate surface area is 143 Å². The zero-order valence-corrected chi connectivity index (χ0v) is 14.0. The highest BCUT2D eigenvalue weighted by Crippen LogP contribution is 2.34. The maximum absolute atomic E-state index is 12.9. The molecule has 0 aromatic heterocycles. The molecule has 10 heteroatoms. The summed E-state index contributed by atoms with van der Waals surface area (Å²) in [5.74, 6) is -0.950. The normalized spacial score (nSPS) is 27.9. The number of fused-ring (bicyclic) bond motifs is 1.